The summed E-state index contributed by atoms with van der Waals surface area (Å²) in [5.74, 6) is 0.156. The summed E-state index contributed by atoms with van der Waals surface area (Å²) in [5.41, 5.74) is 0. The van der Waals surface area contributed by atoms with Gasteiger partial charge in [0.2, 0.25) is 0 Å². The van der Waals surface area contributed by atoms with Gasteiger partial charge in [0.1, 0.15) is 0 Å². The van der Waals surface area contributed by atoms with Crippen LogP contribution in [-0.4, -0.2) is 21.5 Å². The van der Waals surface area contributed by atoms with E-state index in [-0.39, 0.29) is 22.3 Å². The number of unbranched alkanes of at least 4 members (excludes halogenated alkanes) is 12. The summed E-state index contributed by atoms with van der Waals surface area (Å²) in [6, 6.07) is 0. The molecular formula is C23H46Cl2O. The highest BCUT2D eigenvalue weighted by atomic mass is 35.5. The summed E-state index contributed by atoms with van der Waals surface area (Å²) >= 11 is 13.1. The van der Waals surface area contributed by atoms with Crippen LogP contribution in [0.4, 0.5) is 0 Å². The third-order valence-corrected chi connectivity index (χ3v) is 6.30. The molecule has 0 fully saturated rings. The number of rotatable bonds is 18. The predicted octanol–water partition coefficient (Wildman–Crippen LogP) is 8.48. The van der Waals surface area contributed by atoms with Gasteiger partial charge in [0.05, 0.1) is 6.10 Å². The molecule has 0 aliphatic heterocycles. The Hall–Kier alpha value is 0.540. The van der Waals surface area contributed by atoms with Gasteiger partial charge in [-0.3, -0.25) is 0 Å². The van der Waals surface area contributed by atoms with Crippen LogP contribution in [0.25, 0.3) is 0 Å². The van der Waals surface area contributed by atoms with Crippen LogP contribution in [0.1, 0.15) is 124 Å². The van der Waals surface area contributed by atoms with Crippen molar-refractivity contribution in [3.05, 3.63) is 0 Å². The number of halogens is 2. The summed E-state index contributed by atoms with van der Waals surface area (Å²) in [5, 5.41) is 9.76. The molecule has 0 aliphatic rings. The first kappa shape index (κ1) is 26.5. The van der Waals surface area contributed by atoms with Crippen molar-refractivity contribution in [2.45, 2.75) is 140 Å². The summed E-state index contributed by atoms with van der Waals surface area (Å²) in [4.78, 5) is -0.361. The SMILES string of the molecule is CCCCCCCCCCCCCCCC(Cl)C(CC(C)O)C(C)(C)Cl. The van der Waals surface area contributed by atoms with E-state index in [2.05, 4.69) is 6.92 Å². The van der Waals surface area contributed by atoms with Gasteiger partial charge in [-0.25, -0.2) is 0 Å². The summed E-state index contributed by atoms with van der Waals surface area (Å²) in [7, 11) is 0. The molecule has 0 aromatic carbocycles. The highest BCUT2D eigenvalue weighted by Gasteiger charge is 2.33. The van der Waals surface area contributed by atoms with Crippen LogP contribution in [0.15, 0.2) is 0 Å². The van der Waals surface area contributed by atoms with Gasteiger partial charge < -0.3 is 5.11 Å². The van der Waals surface area contributed by atoms with Gasteiger partial charge >= 0.3 is 0 Å². The van der Waals surface area contributed by atoms with E-state index < -0.39 is 0 Å². The van der Waals surface area contributed by atoms with Crippen LogP contribution in [0.2, 0.25) is 0 Å². The van der Waals surface area contributed by atoms with Gasteiger partial charge in [-0.2, -0.15) is 0 Å². The number of aliphatic hydroxyl groups excluding tert-OH is 1. The maximum atomic E-state index is 9.70. The predicted molar refractivity (Wildman–Crippen MR) is 120 cm³/mol. The highest BCUT2D eigenvalue weighted by Crippen LogP contribution is 2.36. The van der Waals surface area contributed by atoms with E-state index in [4.69, 9.17) is 23.2 Å². The van der Waals surface area contributed by atoms with Crippen molar-refractivity contribution in [1.82, 2.24) is 0 Å². The van der Waals surface area contributed by atoms with Gasteiger partial charge in [0, 0.05) is 10.3 Å². The Labute approximate surface area is 174 Å². The third kappa shape index (κ3) is 15.6. The second kappa shape index (κ2) is 16.5. The Morgan fingerprint density at radius 3 is 1.50 bits per heavy atom. The molecule has 0 heterocycles. The fraction of sp³-hybridized carbons (Fsp3) is 1.00. The van der Waals surface area contributed by atoms with Crippen LogP contribution < -0.4 is 0 Å². The molecule has 0 aromatic heterocycles. The second-order valence-corrected chi connectivity index (χ2v) is 10.3. The monoisotopic (exact) mass is 408 g/mol. The lowest BCUT2D eigenvalue weighted by Crippen LogP contribution is -2.34. The molecule has 0 aliphatic carbocycles. The average molecular weight is 410 g/mol. The minimum Gasteiger partial charge on any atom is -0.393 e. The van der Waals surface area contributed by atoms with Crippen molar-refractivity contribution in [1.29, 1.82) is 0 Å². The lowest BCUT2D eigenvalue weighted by molar-refractivity contribution is 0.146. The summed E-state index contributed by atoms with van der Waals surface area (Å²) in [6.45, 7) is 8.13. The molecule has 0 radical (unpaired) electrons. The third-order valence-electron chi connectivity index (χ3n) is 5.50. The fourth-order valence-electron chi connectivity index (χ4n) is 3.78. The number of aliphatic hydroxyl groups is 1. The zero-order valence-corrected chi connectivity index (χ0v) is 19.6. The molecule has 0 bridgehead atoms. The molecule has 26 heavy (non-hydrogen) atoms. The molecule has 3 heteroatoms. The smallest absolute Gasteiger partial charge is 0.0515 e. The number of hydrogen-bond acceptors (Lipinski definition) is 1. The molecule has 1 N–H and O–H groups in total. The molecule has 0 rings (SSSR count). The van der Waals surface area contributed by atoms with Crippen LogP contribution in [-0.2, 0) is 0 Å². The first-order chi connectivity index (χ1) is 12.3. The highest BCUT2D eigenvalue weighted by molar-refractivity contribution is 6.25. The molecule has 0 saturated carbocycles. The van der Waals surface area contributed by atoms with Crippen LogP contribution >= 0.6 is 23.2 Å². The zero-order valence-electron chi connectivity index (χ0n) is 18.0. The van der Waals surface area contributed by atoms with Crippen molar-refractivity contribution in [3.8, 4) is 0 Å². The normalized spacial score (nSPS) is 15.8. The average Bonchev–Trinajstić information content (AvgIpc) is 2.55. The maximum Gasteiger partial charge on any atom is 0.0515 e. The summed E-state index contributed by atoms with van der Waals surface area (Å²) in [6.07, 6.45) is 19.2. The van der Waals surface area contributed by atoms with Crippen molar-refractivity contribution in [2.24, 2.45) is 5.92 Å². The molecule has 158 valence electrons. The molecule has 1 nitrogen and oxygen atoms in total. The van der Waals surface area contributed by atoms with E-state index >= 15 is 0 Å². The lowest BCUT2D eigenvalue weighted by Gasteiger charge is -2.33. The number of hydrogen-bond donors (Lipinski definition) is 1. The van der Waals surface area contributed by atoms with E-state index in [9.17, 15) is 5.11 Å². The molecule has 3 atom stereocenters. The molecule has 0 saturated heterocycles. The maximum absolute atomic E-state index is 9.70. The van der Waals surface area contributed by atoms with E-state index in [1.54, 1.807) is 0 Å². The Kier molecular flexibility index (Phi) is 16.8. The van der Waals surface area contributed by atoms with Crippen molar-refractivity contribution in [3.63, 3.8) is 0 Å². The molecule has 3 unspecified atom stereocenters. The van der Waals surface area contributed by atoms with Crippen molar-refractivity contribution >= 4 is 23.2 Å². The summed E-state index contributed by atoms with van der Waals surface area (Å²) < 4.78 is 0. The Balaban J connectivity index is 3.58. The first-order valence-electron chi connectivity index (χ1n) is 11.3. The Morgan fingerprint density at radius 2 is 1.15 bits per heavy atom. The Bertz CT molecular complexity index is 299. The largest absolute Gasteiger partial charge is 0.393 e. The van der Waals surface area contributed by atoms with Crippen molar-refractivity contribution < 1.29 is 5.11 Å². The van der Waals surface area contributed by atoms with E-state index in [1.165, 1.54) is 83.5 Å². The lowest BCUT2D eigenvalue weighted by atomic mass is 9.84. The van der Waals surface area contributed by atoms with E-state index in [1.807, 2.05) is 20.8 Å². The zero-order chi connectivity index (χ0) is 19.8. The fourth-order valence-corrected chi connectivity index (χ4v) is 4.66. The van der Waals surface area contributed by atoms with Crippen molar-refractivity contribution in [2.75, 3.05) is 0 Å². The first-order valence-corrected chi connectivity index (χ1v) is 12.1. The van der Waals surface area contributed by atoms with Gasteiger partial charge in [-0.15, -0.1) is 23.2 Å². The van der Waals surface area contributed by atoms with E-state index in [0.29, 0.717) is 6.42 Å². The topological polar surface area (TPSA) is 20.2 Å². The second-order valence-electron chi connectivity index (χ2n) is 8.80. The Morgan fingerprint density at radius 1 is 0.769 bits per heavy atom. The van der Waals surface area contributed by atoms with Gasteiger partial charge in [0.15, 0.2) is 0 Å². The minimum atomic E-state index is -0.361. The molecule has 0 aromatic rings. The van der Waals surface area contributed by atoms with Gasteiger partial charge in [-0.05, 0) is 39.5 Å². The van der Waals surface area contributed by atoms with Crippen LogP contribution in [0.5, 0.6) is 0 Å². The minimum absolute atomic E-state index is 0.0600. The quantitative estimate of drug-likeness (QED) is 0.178. The van der Waals surface area contributed by atoms with Gasteiger partial charge in [0.25, 0.3) is 0 Å². The van der Waals surface area contributed by atoms with Crippen LogP contribution in [0, 0.1) is 5.92 Å². The van der Waals surface area contributed by atoms with Gasteiger partial charge in [-0.1, -0.05) is 90.4 Å². The molecule has 0 spiro atoms. The molecular weight excluding hydrogens is 363 g/mol. The number of alkyl halides is 2. The molecule has 0 amide bonds. The van der Waals surface area contributed by atoms with E-state index in [0.717, 1.165) is 6.42 Å². The standard InChI is InChI=1S/C23H46Cl2O/c1-5-6-7-8-9-10-11-12-13-14-15-16-17-18-22(24)21(19-20(2)26)23(3,4)25/h20-22,26H,5-19H2,1-4H3. The van der Waals surface area contributed by atoms with Crippen LogP contribution in [0.3, 0.4) is 0 Å².